The number of nitrogens with one attached hydrogen (secondary N) is 5. The number of hydrazine groups is 1. The number of benzene rings is 1. The molecule has 5 aliphatic heterocycles. The van der Waals surface area contributed by atoms with Gasteiger partial charge < -0.3 is 25.2 Å². The summed E-state index contributed by atoms with van der Waals surface area (Å²) in [4.78, 5) is 15.6. The molecule has 6 unspecified atom stereocenters. The first-order chi connectivity index (χ1) is 18.0. The van der Waals surface area contributed by atoms with E-state index in [9.17, 15) is 4.79 Å². The van der Waals surface area contributed by atoms with Gasteiger partial charge in [0.05, 0.1) is 51.7 Å². The molecule has 10 heteroatoms. The Morgan fingerprint density at radius 1 is 1.22 bits per heavy atom. The average Bonchev–Trinajstić information content (AvgIpc) is 3.33. The molecule has 0 radical (unpaired) electrons. The van der Waals surface area contributed by atoms with E-state index in [0.717, 1.165) is 55.9 Å². The molecule has 0 bridgehead atoms. The quantitative estimate of drug-likeness (QED) is 0.344. The Labute approximate surface area is 221 Å². The summed E-state index contributed by atoms with van der Waals surface area (Å²) >= 11 is 0. The molecule has 1 aromatic rings. The van der Waals surface area contributed by atoms with Crippen LogP contribution in [-0.4, -0.2) is 117 Å². The predicted molar refractivity (Wildman–Crippen MR) is 144 cm³/mol. The molecule has 7 atom stereocenters. The number of carbonyl (C=O) groups excluding carboxylic acids is 1. The smallest absolute Gasteiger partial charge is 0.251 e. The first-order valence-corrected chi connectivity index (χ1v) is 14.3. The zero-order valence-electron chi connectivity index (χ0n) is 22.4. The lowest BCUT2D eigenvalue weighted by molar-refractivity contribution is -0.947. The highest BCUT2D eigenvalue weighted by molar-refractivity contribution is 5.95. The van der Waals surface area contributed by atoms with Crippen molar-refractivity contribution in [3.05, 3.63) is 29.8 Å². The van der Waals surface area contributed by atoms with Gasteiger partial charge >= 0.3 is 0 Å². The zero-order valence-corrected chi connectivity index (χ0v) is 22.4. The van der Waals surface area contributed by atoms with Crippen molar-refractivity contribution in [2.45, 2.75) is 56.3 Å². The number of carbonyl (C=O) groups is 1. The van der Waals surface area contributed by atoms with Crippen molar-refractivity contribution in [3.8, 4) is 0 Å². The largest absolute Gasteiger partial charge is 0.382 e. The fraction of sp³-hybridized carbons (Fsp3) is 0.741. The van der Waals surface area contributed by atoms with Crippen LogP contribution < -0.4 is 26.7 Å². The van der Waals surface area contributed by atoms with E-state index in [1.54, 1.807) is 0 Å². The summed E-state index contributed by atoms with van der Waals surface area (Å²) in [6, 6.07) is 8.35. The van der Waals surface area contributed by atoms with Crippen LogP contribution in [0.5, 0.6) is 0 Å². The summed E-state index contributed by atoms with van der Waals surface area (Å²) in [5.74, 6) is 0.509. The molecule has 5 aliphatic rings. The molecule has 0 spiro atoms. The Bertz CT molecular complexity index is 964. The van der Waals surface area contributed by atoms with Crippen molar-refractivity contribution in [1.82, 2.24) is 31.3 Å². The maximum absolute atomic E-state index is 13.1. The van der Waals surface area contributed by atoms with Crippen molar-refractivity contribution >= 4 is 11.6 Å². The number of amides is 1. The van der Waals surface area contributed by atoms with Gasteiger partial charge in [-0.1, -0.05) is 6.07 Å². The second-order valence-corrected chi connectivity index (χ2v) is 11.8. The molecule has 37 heavy (non-hydrogen) atoms. The van der Waals surface area contributed by atoms with Gasteiger partial charge in [-0.3, -0.25) is 15.0 Å². The Kier molecular flexibility index (Phi) is 7.41. The van der Waals surface area contributed by atoms with Crippen molar-refractivity contribution in [2.24, 2.45) is 5.92 Å². The highest BCUT2D eigenvalue weighted by atomic mass is 16.5. The number of hydrogen-bond donors (Lipinski definition) is 5. The molecule has 5 heterocycles. The van der Waals surface area contributed by atoms with Gasteiger partial charge in [-0.05, 0) is 44.0 Å². The number of ether oxygens (including phenoxy) is 1. The van der Waals surface area contributed by atoms with Crippen molar-refractivity contribution in [3.63, 3.8) is 0 Å². The first kappa shape index (κ1) is 25.5. The van der Waals surface area contributed by atoms with Gasteiger partial charge in [0.1, 0.15) is 12.2 Å². The third-order valence-electron chi connectivity index (χ3n) is 9.66. The molecule has 1 amide bonds. The molecule has 10 nitrogen and oxygen atoms in total. The Morgan fingerprint density at radius 3 is 3.05 bits per heavy atom. The van der Waals surface area contributed by atoms with E-state index in [0.29, 0.717) is 36.4 Å². The lowest BCUT2D eigenvalue weighted by Gasteiger charge is -2.43. The minimum absolute atomic E-state index is 0.0103. The molecule has 5 fully saturated rings. The molecule has 5 N–H and O–H groups in total. The number of quaternary nitrogens is 1. The molecule has 5 saturated heterocycles. The molecule has 0 aliphatic carbocycles. The number of hydrogen-bond acceptors (Lipinski definition) is 8. The second kappa shape index (κ2) is 10.8. The highest BCUT2D eigenvalue weighted by Gasteiger charge is 2.48. The summed E-state index contributed by atoms with van der Waals surface area (Å²) in [5.41, 5.74) is 5.36. The monoisotopic (exact) mass is 513 g/mol. The Hall–Kier alpha value is -1.79. The summed E-state index contributed by atoms with van der Waals surface area (Å²) in [5, 5.41) is 16.3. The Morgan fingerprint density at radius 2 is 2.14 bits per heavy atom. The fourth-order valence-electron chi connectivity index (χ4n) is 7.51. The Balaban J connectivity index is 1.05. The number of rotatable bonds is 6. The summed E-state index contributed by atoms with van der Waals surface area (Å²) in [6.07, 6.45) is 6.30. The fourth-order valence-corrected chi connectivity index (χ4v) is 7.51. The van der Waals surface area contributed by atoms with Crippen molar-refractivity contribution in [2.75, 3.05) is 71.8 Å². The topological polar surface area (TPSA) is 92.9 Å². The molecule has 204 valence electrons. The molecule has 6 rings (SSSR count). The van der Waals surface area contributed by atoms with E-state index in [1.807, 2.05) is 24.3 Å². The van der Waals surface area contributed by atoms with Crippen LogP contribution in [0.25, 0.3) is 0 Å². The van der Waals surface area contributed by atoms with Gasteiger partial charge in [0, 0.05) is 50.3 Å². The SMILES string of the molecule is CN1NC(CNc2cccc(C(=O)NCC3CNC4CCCC[N@@+]34C)c2)N2CCOC3CNCCC3C12. The predicted octanol–water partition coefficient (Wildman–Crippen LogP) is 0.169. The summed E-state index contributed by atoms with van der Waals surface area (Å²) in [7, 11) is 4.51. The van der Waals surface area contributed by atoms with Gasteiger partial charge in [0.25, 0.3) is 5.91 Å². The van der Waals surface area contributed by atoms with E-state index >= 15 is 0 Å². The standard InChI is InChI=1S/C27H44N8O2/c1-33-27-22-9-10-28-17-23(22)37-13-11-34(27)24(32-33)18-29-20-7-5-6-19(14-20)26(36)31-16-21-15-30-25-8-3-4-12-35(21,25)2/h5-7,14,21-25,27-30,32H,3-4,8-13,15-18H2,1-2H3/p+1/t21?,22?,23?,24?,25?,27?,35-/m0/s1. The van der Waals surface area contributed by atoms with Gasteiger partial charge in [0.2, 0.25) is 0 Å². The lowest BCUT2D eigenvalue weighted by atomic mass is 9.91. The number of nitrogens with zero attached hydrogens (tertiary/aromatic N) is 3. The molecule has 0 aromatic heterocycles. The van der Waals surface area contributed by atoms with Gasteiger partial charge in [-0.25, -0.2) is 10.4 Å². The van der Waals surface area contributed by atoms with Crippen LogP contribution in [0.3, 0.4) is 0 Å². The molecular weight excluding hydrogens is 468 g/mol. The van der Waals surface area contributed by atoms with E-state index < -0.39 is 0 Å². The minimum Gasteiger partial charge on any atom is -0.382 e. The van der Waals surface area contributed by atoms with Crippen LogP contribution in [0.4, 0.5) is 5.69 Å². The lowest BCUT2D eigenvalue weighted by Crippen LogP contribution is -2.60. The van der Waals surface area contributed by atoms with Crippen molar-refractivity contribution in [1.29, 1.82) is 0 Å². The second-order valence-electron chi connectivity index (χ2n) is 11.8. The van der Waals surface area contributed by atoms with Crippen molar-refractivity contribution < 1.29 is 14.0 Å². The number of piperidine rings is 2. The maximum Gasteiger partial charge on any atom is 0.251 e. The van der Waals surface area contributed by atoms with Gasteiger partial charge in [-0.2, -0.15) is 0 Å². The highest BCUT2D eigenvalue weighted by Crippen LogP contribution is 2.32. The van der Waals surface area contributed by atoms with Crippen LogP contribution in [0.2, 0.25) is 0 Å². The summed E-state index contributed by atoms with van der Waals surface area (Å²) < 4.78 is 7.26. The van der Waals surface area contributed by atoms with E-state index in [4.69, 9.17) is 4.74 Å². The summed E-state index contributed by atoms with van der Waals surface area (Å²) in [6.45, 7) is 7.32. The van der Waals surface area contributed by atoms with E-state index in [2.05, 4.69) is 50.7 Å². The molecule has 1 aromatic carbocycles. The third kappa shape index (κ3) is 5.01. The molecular formula is C27H45N8O2+. The van der Waals surface area contributed by atoms with E-state index in [1.165, 1.54) is 25.8 Å². The number of likely N-dealkylation sites (N-methyl/N-ethyl adjacent to an activating group) is 1. The first-order valence-electron chi connectivity index (χ1n) is 14.3. The molecule has 0 saturated carbocycles. The van der Waals surface area contributed by atoms with Crippen LogP contribution in [0.1, 0.15) is 36.0 Å². The van der Waals surface area contributed by atoms with Gasteiger partial charge in [-0.15, -0.1) is 0 Å². The van der Waals surface area contributed by atoms with Crippen LogP contribution in [0, 0.1) is 5.92 Å². The third-order valence-corrected chi connectivity index (χ3v) is 9.66. The van der Waals surface area contributed by atoms with Crippen LogP contribution in [0.15, 0.2) is 24.3 Å². The number of anilines is 1. The van der Waals surface area contributed by atoms with E-state index in [-0.39, 0.29) is 18.2 Å². The average molecular weight is 514 g/mol. The maximum atomic E-state index is 13.1. The van der Waals surface area contributed by atoms with Gasteiger partial charge in [0.15, 0.2) is 0 Å². The number of fused-ring (bicyclic) bond motifs is 4. The van der Waals surface area contributed by atoms with Crippen LogP contribution >= 0.6 is 0 Å². The zero-order chi connectivity index (χ0) is 25.4. The minimum atomic E-state index is 0.0103. The normalized spacial score (nSPS) is 38.3. The van der Waals surface area contributed by atoms with Crippen LogP contribution in [-0.2, 0) is 4.74 Å².